The number of halogens is 3. The topological polar surface area (TPSA) is 301 Å². The minimum absolute atomic E-state index is 0.0109. The molecule has 25 atom stereocenters. The minimum Gasteiger partial charge on any atom is -0.390 e. The first-order valence-corrected chi connectivity index (χ1v) is 31.8. The van der Waals surface area contributed by atoms with Crippen molar-refractivity contribution in [2.75, 3.05) is 19.8 Å². The van der Waals surface area contributed by atoms with Gasteiger partial charge in [-0.25, -0.2) is 13.2 Å². The third kappa shape index (κ3) is 7.81. The molecule has 2 saturated heterocycles. The number of alkyl halides is 3. The van der Waals surface area contributed by atoms with Gasteiger partial charge in [-0.3, -0.25) is 28.8 Å². The average molecular weight is 1250 g/mol. The first-order chi connectivity index (χ1) is 41.4. The molecule has 0 aromatic heterocycles. The van der Waals surface area contributed by atoms with Gasteiger partial charge in [-0.1, -0.05) is 55.7 Å². The van der Waals surface area contributed by atoms with Crippen LogP contribution >= 0.6 is 0 Å². The lowest BCUT2D eigenvalue weighted by atomic mass is 9.44. The minimum atomic E-state index is -2.23. The van der Waals surface area contributed by atoms with E-state index >= 15 is 13.2 Å². The molecule has 21 heteroatoms. The Bertz CT molecular complexity index is 3280. The Morgan fingerprint density at radius 1 is 0.494 bits per heavy atom. The van der Waals surface area contributed by atoms with Gasteiger partial charge in [-0.2, -0.15) is 0 Å². The lowest BCUT2D eigenvalue weighted by molar-refractivity contribution is -0.246. The van der Waals surface area contributed by atoms with Crippen LogP contribution in [0.3, 0.4) is 0 Å². The second kappa shape index (κ2) is 20.4. The maximum absolute atomic E-state index is 17.1. The molecule has 9 saturated carbocycles. The summed E-state index contributed by atoms with van der Waals surface area (Å²) in [7, 11) is 0. The van der Waals surface area contributed by atoms with Gasteiger partial charge < -0.3 is 59.8 Å². The van der Waals surface area contributed by atoms with Crippen molar-refractivity contribution < 1.29 is 102 Å². The van der Waals surface area contributed by atoms with E-state index in [0.29, 0.717) is 56.9 Å². The largest absolute Gasteiger partial charge is 0.390 e. The molecule has 18 nitrogen and oxygen atoms in total. The predicted octanol–water partition coefficient (Wildman–Crippen LogP) is 5.07. The van der Waals surface area contributed by atoms with Crippen LogP contribution in [0.15, 0.2) is 71.4 Å². The number of aliphatic hydroxyl groups is 8. The first kappa shape index (κ1) is 64.9. The molecule has 89 heavy (non-hydrogen) atoms. The second-order valence-corrected chi connectivity index (χ2v) is 30.4. The number of allylic oxidation sites excluding steroid dienone is 12. The standard InChI is InChI=1S/C24H31FO6.C23H29FO6.C21H27FO6/c1-20(2)30-19-10-16-15-6-5-13-9-14(27)7-8-21(13,3)23(15,25)17(28)11-22(16,4)24(19,31-20)18(29)12-26;1-12-29-19-9-16-15-5-4-13-8-14(26)6-7-20(13,2)22(15,24)17(27)10-21(16,3)23(19,30-12)18(28)11-25;1-18-6-5-12(24)7-11(18)3-4-13-14-8-15(25)21(28,17(27)10-23)19(14,2)9-16(26)20(13,18)22/h7-9,15-17,19,26,28H,5-6,10-12H2,1-4H3;6-8,12,15-17,19,25,27H,4-5,9-11H2,1-3H3;5-7,13-16,23,25-26,28H,3-4,8-10H2,1-2H3/t15-,16-,17-,19+,21-,22-,23-,24+;12?,15-,16-,17-,19+,20-,21-,22-,23+;13-,14-,15+,16-,18-,19-,20-,21-/m000/s1. The average Bonchev–Trinajstić information content (AvgIpc) is 1.62. The van der Waals surface area contributed by atoms with Crippen molar-refractivity contribution in [2.45, 2.75) is 222 Å². The van der Waals surface area contributed by atoms with Gasteiger partial charge in [0.05, 0.1) is 36.6 Å². The summed E-state index contributed by atoms with van der Waals surface area (Å²) < 4.78 is 75.4. The molecular weight excluding hydrogens is 1160 g/mol. The molecule has 0 spiro atoms. The Labute approximate surface area is 515 Å². The summed E-state index contributed by atoms with van der Waals surface area (Å²) in [4.78, 5) is 74.2. The third-order valence-corrected chi connectivity index (χ3v) is 26.7. The quantitative estimate of drug-likeness (QED) is 0.172. The van der Waals surface area contributed by atoms with E-state index in [1.807, 2.05) is 13.8 Å². The van der Waals surface area contributed by atoms with Crippen LogP contribution in [0.25, 0.3) is 0 Å². The Morgan fingerprint density at radius 3 is 1.26 bits per heavy atom. The van der Waals surface area contributed by atoms with E-state index in [2.05, 4.69) is 0 Å². The monoisotopic (exact) mass is 1250 g/mol. The summed E-state index contributed by atoms with van der Waals surface area (Å²) >= 11 is 0. The molecule has 0 aromatic rings. The van der Waals surface area contributed by atoms with Crippen molar-refractivity contribution >= 4 is 34.7 Å². The zero-order chi connectivity index (χ0) is 65.0. The molecule has 8 N–H and O–H groups in total. The lowest BCUT2D eigenvalue weighted by Crippen LogP contribution is -2.70. The molecule has 11 fully saturated rings. The summed E-state index contributed by atoms with van der Waals surface area (Å²) in [5.74, 6) is -6.24. The first-order valence-electron chi connectivity index (χ1n) is 31.8. The van der Waals surface area contributed by atoms with Crippen molar-refractivity contribution in [3.8, 4) is 0 Å². The zero-order valence-electron chi connectivity index (χ0n) is 52.1. The van der Waals surface area contributed by atoms with Crippen LogP contribution in [-0.4, -0.2) is 178 Å². The molecule has 14 rings (SSSR count). The lowest BCUT2D eigenvalue weighted by Gasteiger charge is -2.62. The molecule has 14 aliphatic rings. The van der Waals surface area contributed by atoms with Crippen molar-refractivity contribution in [3.63, 3.8) is 0 Å². The number of Topliss-reactive ketones (excluding diaryl/α,β-unsaturated/α-hetero) is 3. The fraction of sp³-hybridized carbons (Fsp3) is 0.735. The van der Waals surface area contributed by atoms with E-state index in [-0.39, 0.29) is 54.9 Å². The van der Waals surface area contributed by atoms with Crippen LogP contribution < -0.4 is 0 Å². The van der Waals surface area contributed by atoms with Gasteiger partial charge in [-0.15, -0.1) is 0 Å². The van der Waals surface area contributed by atoms with E-state index in [4.69, 9.17) is 18.9 Å². The highest BCUT2D eigenvalue weighted by molar-refractivity contribution is 6.02. The number of hydrogen-bond donors (Lipinski definition) is 8. The molecule has 2 heterocycles. The summed E-state index contributed by atoms with van der Waals surface area (Å²) in [6.07, 6.45) is 9.40. The Balaban J connectivity index is 0.000000130. The van der Waals surface area contributed by atoms with E-state index < -0.39 is 176 Å². The molecule has 0 aromatic carbocycles. The van der Waals surface area contributed by atoms with Gasteiger partial charge in [0.25, 0.3) is 0 Å². The Kier molecular flexibility index (Phi) is 14.9. The molecule has 2 aliphatic heterocycles. The molecule has 1 unspecified atom stereocenters. The van der Waals surface area contributed by atoms with Gasteiger partial charge in [0.1, 0.15) is 19.8 Å². The number of aliphatic hydroxyl groups excluding tert-OH is 7. The van der Waals surface area contributed by atoms with Gasteiger partial charge in [0.15, 0.2) is 80.6 Å². The third-order valence-electron chi connectivity index (χ3n) is 26.7. The van der Waals surface area contributed by atoms with Gasteiger partial charge >= 0.3 is 0 Å². The molecule has 0 radical (unpaired) electrons. The number of carbonyl (C=O) groups excluding carboxylic acids is 6. The van der Waals surface area contributed by atoms with Crippen molar-refractivity contribution in [2.24, 2.45) is 68.0 Å². The SMILES string of the molecule is CC1(C)O[C@@H]2C[C@H]3[C@@H]4CCC5=CC(=O)C=C[C@]5(C)[C@@]4(F)[C@@H](O)C[C@]3(C)[C@]2(C(=O)CO)O1.CC1O[C@@H]2C[C@H]3[C@@H]4CCC5=CC(=O)C=C[C@]5(C)[C@@]4(F)[C@@H](O)C[C@]3(C)[C@]2(C(=O)CO)O1.C[C@]12C=CC(=O)C=C1CC[C@H]1[C@@H]3C[C@@H](O)[C@](O)(C(=O)CO)[C@@]3(C)C[C@H](O)[C@@]12F. The molecular formula is C68H87F3O18. The van der Waals surface area contributed by atoms with E-state index in [0.717, 1.165) is 11.1 Å². The van der Waals surface area contributed by atoms with E-state index in [1.54, 1.807) is 60.6 Å². The van der Waals surface area contributed by atoms with Crippen LogP contribution in [0.5, 0.6) is 0 Å². The summed E-state index contributed by atoms with van der Waals surface area (Å²) in [5, 5.41) is 84.3. The van der Waals surface area contributed by atoms with Crippen LogP contribution in [0.2, 0.25) is 0 Å². The molecule has 12 aliphatic carbocycles. The normalized spacial score (nSPS) is 52.9. The van der Waals surface area contributed by atoms with Gasteiger partial charge in [0.2, 0.25) is 0 Å². The zero-order valence-corrected chi connectivity index (χ0v) is 52.1. The molecule has 0 bridgehead atoms. The van der Waals surface area contributed by atoms with Gasteiger partial charge in [0, 0.05) is 50.2 Å². The van der Waals surface area contributed by atoms with Crippen molar-refractivity contribution in [1.82, 2.24) is 0 Å². The number of hydrogen-bond acceptors (Lipinski definition) is 18. The summed E-state index contributed by atoms with van der Waals surface area (Å²) in [5.41, 5.74) is -15.4. The highest BCUT2D eigenvalue weighted by Crippen LogP contribution is 2.75. The van der Waals surface area contributed by atoms with E-state index in [9.17, 15) is 69.6 Å². The number of fused-ring (bicyclic) bond motifs is 19. The number of carbonyl (C=O) groups is 6. The van der Waals surface area contributed by atoms with Crippen molar-refractivity contribution in [3.05, 3.63) is 71.4 Å². The van der Waals surface area contributed by atoms with Crippen LogP contribution in [0, 0.1) is 68.0 Å². The van der Waals surface area contributed by atoms with Gasteiger partial charge in [-0.05, 0) is 173 Å². The highest BCUT2D eigenvalue weighted by atomic mass is 19.2. The number of ether oxygens (including phenoxy) is 4. The second-order valence-electron chi connectivity index (χ2n) is 30.4. The predicted molar refractivity (Wildman–Crippen MR) is 309 cm³/mol. The Hall–Kier alpha value is -4.23. The van der Waals surface area contributed by atoms with Crippen molar-refractivity contribution in [1.29, 1.82) is 0 Å². The highest BCUT2D eigenvalue weighted by Gasteiger charge is 2.82. The molecule has 0 amide bonds. The fourth-order valence-corrected chi connectivity index (χ4v) is 22.5. The maximum atomic E-state index is 17.1. The summed E-state index contributed by atoms with van der Waals surface area (Å²) in [6.45, 7) is 13.4. The fourth-order valence-electron chi connectivity index (χ4n) is 22.5. The van der Waals surface area contributed by atoms with Crippen LogP contribution in [0.1, 0.15) is 139 Å². The smallest absolute Gasteiger partial charge is 0.193 e. The molecule has 488 valence electrons. The van der Waals surface area contributed by atoms with Crippen LogP contribution in [0.4, 0.5) is 13.2 Å². The number of ketones is 6. The van der Waals surface area contributed by atoms with E-state index in [1.165, 1.54) is 42.5 Å². The maximum Gasteiger partial charge on any atom is 0.193 e. The van der Waals surface area contributed by atoms with Crippen LogP contribution in [-0.2, 0) is 47.7 Å². The summed E-state index contributed by atoms with van der Waals surface area (Å²) in [6, 6.07) is 0. The Morgan fingerprint density at radius 2 is 0.854 bits per heavy atom. The number of rotatable bonds is 6.